The Hall–Kier alpha value is -4.43. The highest BCUT2D eigenvalue weighted by Crippen LogP contribution is 2.32. The molecule has 3 N–H and O–H groups in total. The second-order valence-electron chi connectivity index (χ2n) is 10.8. The number of carbonyl (C=O) groups is 2. The van der Waals surface area contributed by atoms with Crippen molar-refractivity contribution in [3.63, 3.8) is 0 Å². The first-order chi connectivity index (χ1) is 20.9. The molecule has 43 heavy (non-hydrogen) atoms. The molecule has 0 saturated heterocycles. The van der Waals surface area contributed by atoms with E-state index in [1.807, 2.05) is 36.4 Å². The number of nitrogens with zero attached hydrogens (tertiary/aromatic N) is 3. The molecule has 0 spiro atoms. The van der Waals surface area contributed by atoms with Crippen molar-refractivity contribution < 1.29 is 19.4 Å². The standard InChI is InChI=1S/C35H42N4O4/c1-4-6-20-38(23-25-12-11-15-28(22-25)31(33(36)40)35(41)42)24-30-32(26-16-18-29(43-3)19-17-26)37-34(39(30)21-7-5-2)27-13-9-8-10-14-27/h8-19,22,31H,4-7,20-21,23-24H2,1-3H3,(H2,36,40)(H,41,42). The van der Waals surface area contributed by atoms with E-state index in [-0.39, 0.29) is 0 Å². The lowest BCUT2D eigenvalue weighted by molar-refractivity contribution is -0.142. The van der Waals surface area contributed by atoms with Crippen molar-refractivity contribution in [2.24, 2.45) is 5.73 Å². The van der Waals surface area contributed by atoms with Crippen molar-refractivity contribution in [2.75, 3.05) is 13.7 Å². The first kappa shape index (κ1) is 31.5. The van der Waals surface area contributed by atoms with Crippen LogP contribution in [-0.2, 0) is 29.2 Å². The number of ether oxygens (including phenoxy) is 1. The van der Waals surface area contributed by atoms with Gasteiger partial charge in [0.15, 0.2) is 5.92 Å². The van der Waals surface area contributed by atoms with Crippen molar-refractivity contribution in [3.8, 4) is 28.4 Å². The Balaban J connectivity index is 1.79. The van der Waals surface area contributed by atoms with Crippen LogP contribution in [0.5, 0.6) is 5.75 Å². The third-order valence-corrected chi connectivity index (χ3v) is 7.63. The van der Waals surface area contributed by atoms with Gasteiger partial charge in [-0.2, -0.15) is 0 Å². The summed E-state index contributed by atoms with van der Waals surface area (Å²) in [5.74, 6) is -1.76. The predicted molar refractivity (Wildman–Crippen MR) is 170 cm³/mol. The van der Waals surface area contributed by atoms with Gasteiger partial charge < -0.3 is 20.1 Å². The van der Waals surface area contributed by atoms with Gasteiger partial charge in [0.05, 0.1) is 18.5 Å². The van der Waals surface area contributed by atoms with Gasteiger partial charge >= 0.3 is 5.97 Å². The number of methoxy groups -OCH3 is 1. The minimum atomic E-state index is -1.38. The van der Waals surface area contributed by atoms with E-state index in [0.29, 0.717) is 18.7 Å². The molecule has 0 saturated carbocycles. The largest absolute Gasteiger partial charge is 0.497 e. The van der Waals surface area contributed by atoms with E-state index >= 15 is 0 Å². The normalized spacial score (nSPS) is 11.9. The lowest BCUT2D eigenvalue weighted by atomic mass is 9.96. The van der Waals surface area contributed by atoms with Crippen LogP contribution in [-0.4, -0.2) is 45.1 Å². The van der Waals surface area contributed by atoms with Crippen LogP contribution >= 0.6 is 0 Å². The van der Waals surface area contributed by atoms with Crippen molar-refractivity contribution in [1.29, 1.82) is 0 Å². The molecule has 8 heteroatoms. The SMILES string of the molecule is CCCCN(Cc1cccc(C(C(N)=O)C(=O)O)c1)Cc1c(-c2ccc(OC)cc2)nc(-c2ccccc2)n1CCCC. The zero-order valence-electron chi connectivity index (χ0n) is 25.3. The van der Waals surface area contributed by atoms with Crippen LogP contribution in [0.15, 0.2) is 78.9 Å². The summed E-state index contributed by atoms with van der Waals surface area (Å²) in [5, 5.41) is 9.62. The highest BCUT2D eigenvalue weighted by atomic mass is 16.5. The number of amides is 1. The molecule has 3 aromatic carbocycles. The summed E-state index contributed by atoms with van der Waals surface area (Å²) in [5.41, 5.74) is 10.9. The number of nitrogens with two attached hydrogens (primary N) is 1. The minimum absolute atomic E-state index is 0.395. The summed E-state index contributed by atoms with van der Waals surface area (Å²) in [6, 6.07) is 25.5. The Morgan fingerprint density at radius 3 is 2.28 bits per heavy atom. The number of aromatic nitrogens is 2. The molecule has 1 unspecified atom stereocenters. The number of carboxylic acid groups (broad SMARTS) is 1. The van der Waals surface area contributed by atoms with Crippen molar-refractivity contribution >= 4 is 11.9 Å². The molecule has 0 fully saturated rings. The maximum Gasteiger partial charge on any atom is 0.320 e. The number of carbonyl (C=O) groups excluding carboxylic acids is 1. The molecule has 4 aromatic rings. The average molecular weight is 583 g/mol. The number of unbranched alkanes of at least 4 members (excludes halogenated alkanes) is 2. The van der Waals surface area contributed by atoms with E-state index in [1.165, 1.54) is 0 Å². The molecule has 0 aliphatic rings. The number of rotatable bonds is 16. The molecule has 8 nitrogen and oxygen atoms in total. The fourth-order valence-corrected chi connectivity index (χ4v) is 5.36. The van der Waals surface area contributed by atoms with E-state index in [9.17, 15) is 14.7 Å². The van der Waals surface area contributed by atoms with E-state index in [2.05, 4.69) is 47.6 Å². The number of hydrogen-bond donors (Lipinski definition) is 2. The fraction of sp³-hybridized carbons (Fsp3) is 0.343. The Morgan fingerprint density at radius 2 is 1.65 bits per heavy atom. The van der Waals surface area contributed by atoms with E-state index < -0.39 is 17.8 Å². The number of imidazole rings is 1. The van der Waals surface area contributed by atoms with Crippen LogP contribution in [0, 0.1) is 0 Å². The van der Waals surface area contributed by atoms with Crippen LogP contribution in [0.25, 0.3) is 22.6 Å². The van der Waals surface area contributed by atoms with Gasteiger partial charge in [-0.05, 0) is 54.8 Å². The summed E-state index contributed by atoms with van der Waals surface area (Å²) in [6.07, 6.45) is 4.12. The van der Waals surface area contributed by atoms with Gasteiger partial charge in [-0.3, -0.25) is 14.5 Å². The highest BCUT2D eigenvalue weighted by Gasteiger charge is 2.27. The Kier molecular flexibility index (Phi) is 11.1. The molecule has 0 radical (unpaired) electrons. The molecule has 1 amide bonds. The quantitative estimate of drug-likeness (QED) is 0.146. The number of primary amides is 1. The van der Waals surface area contributed by atoms with Gasteiger partial charge in [-0.1, -0.05) is 81.3 Å². The van der Waals surface area contributed by atoms with Crippen molar-refractivity contribution in [2.45, 2.75) is 65.1 Å². The van der Waals surface area contributed by atoms with Crippen LogP contribution < -0.4 is 10.5 Å². The summed E-state index contributed by atoms with van der Waals surface area (Å²) in [6.45, 7) is 7.29. The zero-order chi connectivity index (χ0) is 30.8. The summed E-state index contributed by atoms with van der Waals surface area (Å²) in [7, 11) is 1.66. The van der Waals surface area contributed by atoms with Gasteiger partial charge in [-0.25, -0.2) is 4.98 Å². The minimum Gasteiger partial charge on any atom is -0.497 e. The molecular weight excluding hydrogens is 540 g/mol. The molecule has 226 valence electrons. The number of aliphatic carboxylic acids is 1. The number of carboxylic acids is 1. The molecular formula is C35H42N4O4. The van der Waals surface area contributed by atoms with Gasteiger partial charge in [0.25, 0.3) is 0 Å². The predicted octanol–water partition coefficient (Wildman–Crippen LogP) is 6.48. The second-order valence-corrected chi connectivity index (χ2v) is 10.8. The molecule has 1 heterocycles. The zero-order valence-corrected chi connectivity index (χ0v) is 25.3. The van der Waals surface area contributed by atoms with Crippen LogP contribution in [0.2, 0.25) is 0 Å². The lowest BCUT2D eigenvalue weighted by Gasteiger charge is -2.25. The lowest BCUT2D eigenvalue weighted by Crippen LogP contribution is -2.28. The molecule has 0 bridgehead atoms. The average Bonchev–Trinajstić information content (AvgIpc) is 3.36. The Labute approximate surface area is 254 Å². The first-order valence-electron chi connectivity index (χ1n) is 15.0. The van der Waals surface area contributed by atoms with Gasteiger partial charge in [0, 0.05) is 30.8 Å². The maximum atomic E-state index is 11.9. The molecule has 0 aliphatic heterocycles. The van der Waals surface area contributed by atoms with Crippen LogP contribution in [0.1, 0.15) is 62.3 Å². The Morgan fingerprint density at radius 1 is 0.930 bits per heavy atom. The van der Waals surface area contributed by atoms with Gasteiger partial charge in [0.1, 0.15) is 11.6 Å². The van der Waals surface area contributed by atoms with Crippen molar-refractivity contribution in [1.82, 2.24) is 14.5 Å². The fourth-order valence-electron chi connectivity index (χ4n) is 5.36. The molecule has 0 aliphatic carbocycles. The summed E-state index contributed by atoms with van der Waals surface area (Å²) >= 11 is 0. The number of hydrogen-bond acceptors (Lipinski definition) is 5. The topological polar surface area (TPSA) is 111 Å². The third kappa shape index (κ3) is 7.90. The monoisotopic (exact) mass is 582 g/mol. The van der Waals surface area contributed by atoms with Crippen molar-refractivity contribution in [3.05, 3.63) is 95.7 Å². The Bertz CT molecular complexity index is 1480. The van der Waals surface area contributed by atoms with E-state index in [4.69, 9.17) is 15.5 Å². The third-order valence-electron chi connectivity index (χ3n) is 7.63. The number of benzene rings is 3. The molecule has 4 rings (SSSR count). The van der Waals surface area contributed by atoms with Gasteiger partial charge in [-0.15, -0.1) is 0 Å². The smallest absolute Gasteiger partial charge is 0.320 e. The van der Waals surface area contributed by atoms with Crippen LogP contribution in [0.3, 0.4) is 0 Å². The van der Waals surface area contributed by atoms with E-state index in [1.54, 1.807) is 25.3 Å². The van der Waals surface area contributed by atoms with Gasteiger partial charge in [0.2, 0.25) is 5.91 Å². The maximum absolute atomic E-state index is 11.9. The first-order valence-corrected chi connectivity index (χ1v) is 15.0. The molecule has 1 aromatic heterocycles. The molecule has 1 atom stereocenters. The van der Waals surface area contributed by atoms with E-state index in [0.717, 1.165) is 78.4 Å². The second kappa shape index (κ2) is 15.2. The summed E-state index contributed by atoms with van der Waals surface area (Å²) in [4.78, 5) is 31.3. The summed E-state index contributed by atoms with van der Waals surface area (Å²) < 4.78 is 7.78. The van der Waals surface area contributed by atoms with Crippen LogP contribution in [0.4, 0.5) is 0 Å². The highest BCUT2D eigenvalue weighted by molar-refractivity contribution is 6.01.